The molecule has 0 amide bonds. The van der Waals surface area contributed by atoms with Gasteiger partial charge in [0.2, 0.25) is 0 Å². The average molecular weight is 341 g/mol. The van der Waals surface area contributed by atoms with Crippen molar-refractivity contribution in [2.45, 2.75) is 65.8 Å². The van der Waals surface area contributed by atoms with Gasteiger partial charge in [0.25, 0.3) is 0 Å². The lowest BCUT2D eigenvalue weighted by atomic mass is 9.94. The van der Waals surface area contributed by atoms with Gasteiger partial charge in [-0.05, 0) is 65.8 Å². The van der Waals surface area contributed by atoms with Gasteiger partial charge >= 0.3 is 0 Å². The van der Waals surface area contributed by atoms with Crippen LogP contribution in [0.2, 0.25) is 0 Å². The van der Waals surface area contributed by atoms with Crippen LogP contribution in [-0.2, 0) is 4.74 Å². The lowest BCUT2D eigenvalue weighted by Crippen LogP contribution is -2.51. The summed E-state index contributed by atoms with van der Waals surface area (Å²) in [6.45, 7) is 17.9. The maximum Gasteiger partial charge on any atom is 0.191 e. The highest BCUT2D eigenvalue weighted by Gasteiger charge is 2.29. The summed E-state index contributed by atoms with van der Waals surface area (Å²) >= 11 is 0. The normalized spacial score (nSPS) is 20.2. The molecule has 0 spiro atoms. The van der Waals surface area contributed by atoms with Crippen LogP contribution in [0.1, 0.15) is 60.3 Å². The third-order valence-electron chi connectivity index (χ3n) is 4.69. The molecule has 1 heterocycles. The molecule has 142 valence electrons. The Balaban J connectivity index is 2.42. The van der Waals surface area contributed by atoms with Crippen LogP contribution in [0.4, 0.5) is 0 Å². The number of aliphatic imine (C=N–C) groups is 1. The summed E-state index contributed by atoms with van der Waals surface area (Å²) in [6.07, 6.45) is 4.88. The number of nitrogens with one attached hydrogen (secondary N) is 2. The molecule has 0 aromatic carbocycles. The van der Waals surface area contributed by atoms with E-state index in [-0.39, 0.29) is 5.54 Å². The number of hydrogen-bond donors (Lipinski definition) is 2. The van der Waals surface area contributed by atoms with Crippen LogP contribution in [0.3, 0.4) is 0 Å². The average Bonchev–Trinajstić information content (AvgIpc) is 2.55. The fourth-order valence-electron chi connectivity index (χ4n) is 3.13. The van der Waals surface area contributed by atoms with Crippen molar-refractivity contribution >= 4 is 5.96 Å². The number of hydrogen-bond acceptors (Lipinski definition) is 3. The zero-order valence-electron chi connectivity index (χ0n) is 16.7. The number of unbranched alkanes of at least 4 members (excludes halogenated alkanes) is 1. The lowest BCUT2D eigenvalue weighted by Gasteiger charge is -2.42. The summed E-state index contributed by atoms with van der Waals surface area (Å²) in [5.74, 6) is 1.74. The van der Waals surface area contributed by atoms with Gasteiger partial charge in [0.15, 0.2) is 5.96 Å². The maximum absolute atomic E-state index is 5.38. The smallest absolute Gasteiger partial charge is 0.191 e. The van der Waals surface area contributed by atoms with Gasteiger partial charge in [-0.1, -0.05) is 6.92 Å². The quantitative estimate of drug-likeness (QED) is 0.365. The minimum absolute atomic E-state index is 0.117. The zero-order chi connectivity index (χ0) is 17.8. The van der Waals surface area contributed by atoms with Gasteiger partial charge in [-0.25, -0.2) is 0 Å². The van der Waals surface area contributed by atoms with Gasteiger partial charge in [0.1, 0.15) is 0 Å². The van der Waals surface area contributed by atoms with E-state index in [0.29, 0.717) is 0 Å². The summed E-state index contributed by atoms with van der Waals surface area (Å²) in [7, 11) is 0. The summed E-state index contributed by atoms with van der Waals surface area (Å²) in [6, 6.07) is 0. The molecule has 5 heteroatoms. The van der Waals surface area contributed by atoms with Crippen LogP contribution in [0.5, 0.6) is 0 Å². The molecule has 0 bridgehead atoms. The molecule has 5 nitrogen and oxygen atoms in total. The van der Waals surface area contributed by atoms with E-state index in [1.807, 2.05) is 6.92 Å². The van der Waals surface area contributed by atoms with Crippen molar-refractivity contribution in [2.24, 2.45) is 10.9 Å². The number of ether oxygens (including phenoxy) is 1. The van der Waals surface area contributed by atoms with Gasteiger partial charge in [-0.15, -0.1) is 0 Å². The highest BCUT2D eigenvalue weighted by molar-refractivity contribution is 5.79. The Hall–Kier alpha value is -0.810. The largest absolute Gasteiger partial charge is 0.382 e. The molecule has 0 aliphatic carbocycles. The molecule has 0 aromatic heterocycles. The second kappa shape index (κ2) is 11.7. The Kier molecular flexibility index (Phi) is 10.3. The van der Waals surface area contributed by atoms with Crippen LogP contribution in [0.15, 0.2) is 4.99 Å². The maximum atomic E-state index is 5.38. The molecule has 0 radical (unpaired) electrons. The zero-order valence-corrected chi connectivity index (χ0v) is 16.7. The Bertz CT molecular complexity index is 357. The van der Waals surface area contributed by atoms with Crippen molar-refractivity contribution in [1.29, 1.82) is 0 Å². The van der Waals surface area contributed by atoms with Gasteiger partial charge < -0.3 is 15.4 Å². The van der Waals surface area contributed by atoms with E-state index in [9.17, 15) is 0 Å². The molecule has 0 saturated carbocycles. The van der Waals surface area contributed by atoms with Crippen LogP contribution in [0, 0.1) is 5.92 Å². The first-order chi connectivity index (χ1) is 11.5. The van der Waals surface area contributed by atoms with E-state index in [0.717, 1.165) is 57.6 Å². The van der Waals surface area contributed by atoms with Crippen molar-refractivity contribution < 1.29 is 4.74 Å². The first-order valence-electron chi connectivity index (χ1n) is 9.84. The Labute approximate surface area is 149 Å². The molecule has 1 unspecified atom stereocenters. The predicted molar refractivity (Wildman–Crippen MR) is 104 cm³/mol. The molecule has 1 rings (SSSR count). The predicted octanol–water partition coefficient (Wildman–Crippen LogP) is 2.87. The second-order valence-corrected chi connectivity index (χ2v) is 7.53. The van der Waals surface area contributed by atoms with E-state index in [1.165, 1.54) is 25.9 Å². The molecule has 1 aliphatic rings. The SMILES string of the molecule is CCNC(=NCC(C)(C)N1CCCC(C)C1)NCCCCOCC. The fraction of sp³-hybridized carbons (Fsp3) is 0.947. The van der Waals surface area contributed by atoms with Crippen LogP contribution in [-0.4, -0.2) is 62.3 Å². The Morgan fingerprint density at radius 2 is 2.04 bits per heavy atom. The van der Waals surface area contributed by atoms with E-state index in [2.05, 4.69) is 43.2 Å². The number of rotatable bonds is 10. The minimum atomic E-state index is 0.117. The molecule has 1 aliphatic heterocycles. The Morgan fingerprint density at radius 3 is 2.71 bits per heavy atom. The number of likely N-dealkylation sites (tertiary alicyclic amines) is 1. The molecular weight excluding hydrogens is 300 g/mol. The first-order valence-corrected chi connectivity index (χ1v) is 9.84. The second-order valence-electron chi connectivity index (χ2n) is 7.53. The molecule has 0 aromatic rings. The summed E-state index contributed by atoms with van der Waals surface area (Å²) in [5, 5.41) is 6.80. The van der Waals surface area contributed by atoms with Gasteiger partial charge in [-0.2, -0.15) is 0 Å². The fourth-order valence-corrected chi connectivity index (χ4v) is 3.13. The third-order valence-corrected chi connectivity index (χ3v) is 4.69. The summed E-state index contributed by atoms with van der Waals surface area (Å²) in [4.78, 5) is 7.45. The third kappa shape index (κ3) is 8.34. The monoisotopic (exact) mass is 340 g/mol. The van der Waals surface area contributed by atoms with Gasteiger partial charge in [0, 0.05) is 38.4 Å². The van der Waals surface area contributed by atoms with Crippen LogP contribution < -0.4 is 10.6 Å². The van der Waals surface area contributed by atoms with Crippen LogP contribution >= 0.6 is 0 Å². The summed E-state index contributed by atoms with van der Waals surface area (Å²) < 4.78 is 5.38. The molecule has 24 heavy (non-hydrogen) atoms. The van der Waals surface area contributed by atoms with Gasteiger partial charge in [0.05, 0.1) is 6.54 Å². The van der Waals surface area contributed by atoms with E-state index in [1.54, 1.807) is 0 Å². The van der Waals surface area contributed by atoms with Crippen molar-refractivity contribution in [3.05, 3.63) is 0 Å². The molecule has 2 N–H and O–H groups in total. The lowest BCUT2D eigenvalue weighted by molar-refractivity contribution is 0.0774. The molecule has 1 saturated heterocycles. The first kappa shape index (κ1) is 21.2. The summed E-state index contributed by atoms with van der Waals surface area (Å²) in [5.41, 5.74) is 0.117. The van der Waals surface area contributed by atoms with Crippen molar-refractivity contribution in [1.82, 2.24) is 15.5 Å². The van der Waals surface area contributed by atoms with Crippen molar-refractivity contribution in [3.63, 3.8) is 0 Å². The number of guanidine groups is 1. The highest BCUT2D eigenvalue weighted by Crippen LogP contribution is 2.23. The molecule has 1 fully saturated rings. The van der Waals surface area contributed by atoms with E-state index < -0.39 is 0 Å². The minimum Gasteiger partial charge on any atom is -0.382 e. The van der Waals surface area contributed by atoms with Gasteiger partial charge in [-0.3, -0.25) is 9.89 Å². The highest BCUT2D eigenvalue weighted by atomic mass is 16.5. The number of nitrogens with zero attached hydrogens (tertiary/aromatic N) is 2. The van der Waals surface area contributed by atoms with E-state index in [4.69, 9.17) is 9.73 Å². The number of piperidine rings is 1. The van der Waals surface area contributed by atoms with E-state index >= 15 is 0 Å². The standard InChI is InChI=1S/C19H40N4O/c1-6-20-18(21-12-8-9-14-24-7-2)22-16-19(4,5)23-13-10-11-17(3)15-23/h17H,6-16H2,1-5H3,(H2,20,21,22). The van der Waals surface area contributed by atoms with Crippen molar-refractivity contribution in [2.75, 3.05) is 45.9 Å². The topological polar surface area (TPSA) is 48.9 Å². The molecular formula is C19H40N4O. The van der Waals surface area contributed by atoms with Crippen molar-refractivity contribution in [3.8, 4) is 0 Å². The van der Waals surface area contributed by atoms with Crippen LogP contribution in [0.25, 0.3) is 0 Å². The Morgan fingerprint density at radius 1 is 1.25 bits per heavy atom. The molecule has 1 atom stereocenters.